The van der Waals surface area contributed by atoms with E-state index in [4.69, 9.17) is 16.6 Å². The minimum atomic E-state index is -0.0411. The molecule has 124 valence electrons. The molecule has 0 spiro atoms. The van der Waals surface area contributed by atoms with Gasteiger partial charge in [0.1, 0.15) is 5.82 Å². The summed E-state index contributed by atoms with van der Waals surface area (Å²) in [6, 6.07) is 15.2. The SMILES string of the molecule is CC(C)[C@@H](Br)c1nc2cc(Cl)ccc2c(=O)n1Cc1ccccc1. The first-order valence-electron chi connectivity index (χ1n) is 7.85. The Morgan fingerprint density at radius 1 is 1.17 bits per heavy atom. The van der Waals surface area contributed by atoms with E-state index in [0.29, 0.717) is 28.4 Å². The van der Waals surface area contributed by atoms with Crippen molar-refractivity contribution in [3.63, 3.8) is 0 Å². The predicted octanol–water partition coefficient (Wildman–Crippen LogP) is 5.19. The zero-order valence-electron chi connectivity index (χ0n) is 13.5. The van der Waals surface area contributed by atoms with Gasteiger partial charge in [-0.2, -0.15) is 0 Å². The van der Waals surface area contributed by atoms with Gasteiger partial charge >= 0.3 is 0 Å². The monoisotopic (exact) mass is 404 g/mol. The fraction of sp³-hybridized carbons (Fsp3) is 0.263. The molecule has 0 aliphatic rings. The van der Waals surface area contributed by atoms with Crippen molar-refractivity contribution < 1.29 is 0 Å². The van der Waals surface area contributed by atoms with Crippen LogP contribution in [0.5, 0.6) is 0 Å². The minimum absolute atomic E-state index is 0.0164. The average molecular weight is 406 g/mol. The largest absolute Gasteiger partial charge is 0.291 e. The van der Waals surface area contributed by atoms with Crippen LogP contribution in [-0.2, 0) is 6.54 Å². The van der Waals surface area contributed by atoms with Gasteiger partial charge in [0.05, 0.1) is 22.3 Å². The van der Waals surface area contributed by atoms with Gasteiger partial charge < -0.3 is 0 Å². The summed E-state index contributed by atoms with van der Waals surface area (Å²) in [4.78, 5) is 17.8. The molecule has 0 amide bonds. The fourth-order valence-corrected chi connectivity index (χ4v) is 3.15. The van der Waals surface area contributed by atoms with Crippen LogP contribution in [0, 0.1) is 5.92 Å². The van der Waals surface area contributed by atoms with Crippen molar-refractivity contribution in [3.05, 3.63) is 75.3 Å². The average Bonchev–Trinajstić information content (AvgIpc) is 2.57. The molecule has 0 fully saturated rings. The van der Waals surface area contributed by atoms with E-state index in [9.17, 15) is 4.79 Å². The zero-order valence-corrected chi connectivity index (χ0v) is 15.9. The summed E-state index contributed by atoms with van der Waals surface area (Å²) in [7, 11) is 0. The number of hydrogen-bond acceptors (Lipinski definition) is 2. The normalized spacial score (nSPS) is 12.7. The van der Waals surface area contributed by atoms with Crippen LogP contribution in [0.15, 0.2) is 53.3 Å². The summed E-state index contributed by atoms with van der Waals surface area (Å²) in [5.41, 5.74) is 1.66. The molecule has 5 heteroatoms. The lowest BCUT2D eigenvalue weighted by molar-refractivity contribution is 0.569. The number of alkyl halides is 1. The van der Waals surface area contributed by atoms with E-state index in [1.54, 1.807) is 22.8 Å². The molecule has 0 aliphatic heterocycles. The Morgan fingerprint density at radius 3 is 2.54 bits per heavy atom. The molecule has 3 rings (SSSR count). The van der Waals surface area contributed by atoms with E-state index < -0.39 is 0 Å². The van der Waals surface area contributed by atoms with Crippen molar-refractivity contribution >= 4 is 38.4 Å². The number of fused-ring (bicyclic) bond motifs is 1. The Hall–Kier alpha value is -1.65. The number of rotatable bonds is 4. The smallest absolute Gasteiger partial charge is 0.261 e. The number of nitrogens with zero attached hydrogens (tertiary/aromatic N) is 2. The van der Waals surface area contributed by atoms with Gasteiger partial charge in [-0.1, -0.05) is 71.7 Å². The van der Waals surface area contributed by atoms with E-state index in [-0.39, 0.29) is 10.4 Å². The second-order valence-corrected chi connectivity index (χ2v) is 7.58. The van der Waals surface area contributed by atoms with Crippen LogP contribution in [0.25, 0.3) is 10.9 Å². The highest BCUT2D eigenvalue weighted by molar-refractivity contribution is 9.09. The van der Waals surface area contributed by atoms with Crippen molar-refractivity contribution in [2.75, 3.05) is 0 Å². The van der Waals surface area contributed by atoms with Gasteiger partial charge in [0.15, 0.2) is 0 Å². The Labute approximate surface area is 154 Å². The molecule has 0 saturated carbocycles. The van der Waals surface area contributed by atoms with E-state index in [2.05, 4.69) is 29.8 Å². The van der Waals surface area contributed by atoms with Crippen molar-refractivity contribution in [1.82, 2.24) is 9.55 Å². The number of halogens is 2. The molecule has 0 N–H and O–H groups in total. The molecule has 1 aromatic heterocycles. The van der Waals surface area contributed by atoms with Crippen molar-refractivity contribution in [1.29, 1.82) is 0 Å². The van der Waals surface area contributed by atoms with Gasteiger partial charge in [-0.3, -0.25) is 9.36 Å². The van der Waals surface area contributed by atoms with E-state index >= 15 is 0 Å². The van der Waals surface area contributed by atoms with Gasteiger partial charge in [0, 0.05) is 5.02 Å². The third kappa shape index (κ3) is 3.40. The Kier molecular flexibility index (Phi) is 5.07. The second-order valence-electron chi connectivity index (χ2n) is 6.15. The molecule has 1 heterocycles. The summed E-state index contributed by atoms with van der Waals surface area (Å²) >= 11 is 9.77. The van der Waals surface area contributed by atoms with Gasteiger partial charge in [-0.05, 0) is 29.7 Å². The molecule has 3 aromatic rings. The second kappa shape index (κ2) is 7.08. The first-order chi connectivity index (χ1) is 11.5. The molecule has 2 aromatic carbocycles. The lowest BCUT2D eigenvalue weighted by Gasteiger charge is -2.20. The molecule has 0 unspecified atom stereocenters. The molecule has 0 aliphatic carbocycles. The quantitative estimate of drug-likeness (QED) is 0.560. The number of aromatic nitrogens is 2. The van der Waals surface area contributed by atoms with Crippen molar-refractivity contribution in [3.8, 4) is 0 Å². The zero-order chi connectivity index (χ0) is 17.3. The Morgan fingerprint density at radius 2 is 1.88 bits per heavy atom. The van der Waals surface area contributed by atoms with Crippen LogP contribution in [-0.4, -0.2) is 9.55 Å². The predicted molar refractivity (Wildman–Crippen MR) is 103 cm³/mol. The Balaban J connectivity index is 2.24. The van der Waals surface area contributed by atoms with Gasteiger partial charge in [0.2, 0.25) is 0 Å². The molecule has 0 saturated heterocycles. The summed E-state index contributed by atoms with van der Waals surface area (Å²) in [6.45, 7) is 4.69. The van der Waals surface area contributed by atoms with Crippen LogP contribution in [0.1, 0.15) is 30.1 Å². The standard InChI is InChI=1S/C19H18BrClN2O/c1-12(2)17(20)18-22-16-10-14(21)8-9-15(16)19(24)23(18)11-13-6-4-3-5-7-13/h3-10,12,17H,11H2,1-2H3/t17-/m1/s1. The van der Waals surface area contributed by atoms with Crippen molar-refractivity contribution in [2.45, 2.75) is 25.2 Å². The number of benzene rings is 2. The molecule has 24 heavy (non-hydrogen) atoms. The summed E-state index contributed by atoms with van der Waals surface area (Å²) in [5.74, 6) is 1.03. The maximum absolute atomic E-state index is 13.1. The molecular weight excluding hydrogens is 388 g/mol. The maximum atomic E-state index is 13.1. The number of hydrogen-bond donors (Lipinski definition) is 0. The third-order valence-corrected chi connectivity index (χ3v) is 5.66. The first-order valence-corrected chi connectivity index (χ1v) is 9.14. The Bertz CT molecular complexity index is 922. The summed E-state index contributed by atoms with van der Waals surface area (Å²) < 4.78 is 1.75. The van der Waals surface area contributed by atoms with Gasteiger partial charge in [-0.15, -0.1) is 0 Å². The van der Waals surface area contributed by atoms with Gasteiger partial charge in [0.25, 0.3) is 5.56 Å². The topological polar surface area (TPSA) is 34.9 Å². The van der Waals surface area contributed by atoms with Crippen LogP contribution >= 0.6 is 27.5 Å². The van der Waals surface area contributed by atoms with Crippen LogP contribution in [0.3, 0.4) is 0 Å². The molecule has 3 nitrogen and oxygen atoms in total. The molecule has 0 bridgehead atoms. The summed E-state index contributed by atoms with van der Waals surface area (Å²) in [6.07, 6.45) is 0. The highest BCUT2D eigenvalue weighted by atomic mass is 79.9. The van der Waals surface area contributed by atoms with Gasteiger partial charge in [-0.25, -0.2) is 4.98 Å². The molecular formula is C19H18BrClN2O. The van der Waals surface area contributed by atoms with Crippen molar-refractivity contribution in [2.24, 2.45) is 5.92 Å². The maximum Gasteiger partial charge on any atom is 0.261 e. The van der Waals surface area contributed by atoms with E-state index in [0.717, 1.165) is 11.4 Å². The summed E-state index contributed by atoms with van der Waals surface area (Å²) in [5, 5.41) is 1.17. The van der Waals surface area contributed by atoms with Crippen LogP contribution < -0.4 is 5.56 Å². The first kappa shape index (κ1) is 17.2. The van der Waals surface area contributed by atoms with Crippen LogP contribution in [0.2, 0.25) is 5.02 Å². The molecule has 0 radical (unpaired) electrons. The third-order valence-electron chi connectivity index (χ3n) is 3.96. The highest BCUT2D eigenvalue weighted by Crippen LogP contribution is 2.30. The lowest BCUT2D eigenvalue weighted by Crippen LogP contribution is -2.27. The van der Waals surface area contributed by atoms with E-state index in [1.165, 1.54) is 0 Å². The lowest BCUT2D eigenvalue weighted by atomic mass is 10.1. The van der Waals surface area contributed by atoms with Crippen LogP contribution in [0.4, 0.5) is 0 Å². The minimum Gasteiger partial charge on any atom is -0.291 e. The van der Waals surface area contributed by atoms with E-state index in [1.807, 2.05) is 30.3 Å². The highest BCUT2D eigenvalue weighted by Gasteiger charge is 2.20. The fourth-order valence-electron chi connectivity index (χ4n) is 2.64. The molecule has 1 atom stereocenters.